The molecule has 0 fully saturated rings. The number of rotatable bonds is 4. The van der Waals surface area contributed by atoms with E-state index in [1.54, 1.807) is 0 Å². The van der Waals surface area contributed by atoms with Gasteiger partial charge in [0.15, 0.2) is 0 Å². The van der Waals surface area contributed by atoms with Crippen molar-refractivity contribution in [1.82, 2.24) is 0 Å². The molecule has 22 heavy (non-hydrogen) atoms. The molecule has 2 rings (SSSR count). The van der Waals surface area contributed by atoms with E-state index < -0.39 is 0 Å². The normalized spacial score (nSPS) is 20.1. The lowest BCUT2D eigenvalue weighted by Crippen LogP contribution is -2.36. The van der Waals surface area contributed by atoms with Crippen LogP contribution in [0, 0.1) is 20.8 Å². The van der Waals surface area contributed by atoms with Crippen LogP contribution in [0.5, 0.6) is 11.5 Å². The van der Waals surface area contributed by atoms with E-state index in [4.69, 9.17) is 9.47 Å². The van der Waals surface area contributed by atoms with Crippen molar-refractivity contribution in [3.05, 3.63) is 33.9 Å². The molecule has 0 aliphatic carbocycles. The summed E-state index contributed by atoms with van der Waals surface area (Å²) in [5.41, 5.74) is 6.28. The Morgan fingerprint density at radius 3 is 2.45 bits per heavy atom. The van der Waals surface area contributed by atoms with Gasteiger partial charge in [0, 0.05) is 5.56 Å². The molecule has 0 N–H and O–H groups in total. The fourth-order valence-corrected chi connectivity index (χ4v) is 3.04. The Morgan fingerprint density at radius 2 is 1.86 bits per heavy atom. The van der Waals surface area contributed by atoms with E-state index >= 15 is 0 Å². The second kappa shape index (κ2) is 6.36. The van der Waals surface area contributed by atoms with E-state index in [2.05, 4.69) is 54.5 Å². The number of ether oxygens (including phenoxy) is 2. The van der Waals surface area contributed by atoms with Crippen molar-refractivity contribution >= 4 is 0 Å². The molecular formula is C20H30O2. The Morgan fingerprint density at radius 1 is 1.18 bits per heavy atom. The quantitative estimate of drug-likeness (QED) is 0.688. The third kappa shape index (κ3) is 3.16. The number of hydrogen-bond acceptors (Lipinski definition) is 2. The fourth-order valence-electron chi connectivity index (χ4n) is 3.04. The van der Waals surface area contributed by atoms with Crippen molar-refractivity contribution in [3.63, 3.8) is 0 Å². The lowest BCUT2D eigenvalue weighted by Gasteiger charge is -2.37. The van der Waals surface area contributed by atoms with E-state index in [0.717, 1.165) is 30.8 Å². The zero-order valence-electron chi connectivity index (χ0n) is 15.2. The molecule has 0 spiro atoms. The lowest BCUT2D eigenvalue weighted by molar-refractivity contribution is 0.0598. The highest BCUT2D eigenvalue weighted by atomic mass is 16.5. The summed E-state index contributed by atoms with van der Waals surface area (Å²) in [7, 11) is 0. The topological polar surface area (TPSA) is 18.5 Å². The van der Waals surface area contributed by atoms with Gasteiger partial charge in [-0.2, -0.15) is 0 Å². The summed E-state index contributed by atoms with van der Waals surface area (Å²) in [6.45, 7) is 15.7. The van der Waals surface area contributed by atoms with Crippen molar-refractivity contribution in [2.45, 2.75) is 73.3 Å². The third-order valence-corrected chi connectivity index (χ3v) is 5.03. The Kier molecular flexibility index (Phi) is 4.89. The predicted molar refractivity (Wildman–Crippen MR) is 93.2 cm³/mol. The minimum atomic E-state index is -0.0267. The van der Waals surface area contributed by atoms with Gasteiger partial charge in [-0.1, -0.05) is 12.5 Å². The second-order valence-corrected chi connectivity index (χ2v) is 7.01. The smallest absolute Gasteiger partial charge is 0.127 e. The molecule has 1 aliphatic rings. The van der Waals surface area contributed by atoms with Crippen LogP contribution in [0.1, 0.15) is 62.8 Å². The van der Waals surface area contributed by atoms with E-state index in [-0.39, 0.29) is 5.60 Å². The van der Waals surface area contributed by atoms with E-state index in [9.17, 15) is 0 Å². The molecule has 0 saturated carbocycles. The summed E-state index contributed by atoms with van der Waals surface area (Å²) >= 11 is 0. The van der Waals surface area contributed by atoms with Gasteiger partial charge in [0.2, 0.25) is 0 Å². The minimum Gasteiger partial charge on any atom is -0.489 e. The highest BCUT2D eigenvalue weighted by Crippen LogP contribution is 2.44. The SMILES string of the molecule is CCC1(C)CCc2c(C)c(OCC=C(C)C)c(C)c(C)c2O1. The molecule has 0 radical (unpaired) electrons. The fraction of sp³-hybridized carbons (Fsp3) is 0.600. The predicted octanol–water partition coefficient (Wildman–Crippen LogP) is 5.45. The summed E-state index contributed by atoms with van der Waals surface area (Å²) in [5.74, 6) is 2.14. The molecule has 2 nitrogen and oxygen atoms in total. The first kappa shape index (κ1) is 16.9. The number of fused-ring (bicyclic) bond motifs is 1. The molecule has 1 unspecified atom stereocenters. The van der Waals surface area contributed by atoms with Gasteiger partial charge in [0.25, 0.3) is 0 Å². The first-order chi connectivity index (χ1) is 10.3. The summed E-state index contributed by atoms with van der Waals surface area (Å²) in [4.78, 5) is 0. The Labute approximate surface area is 135 Å². The summed E-state index contributed by atoms with van der Waals surface area (Å²) in [6.07, 6.45) is 5.32. The molecule has 0 saturated heterocycles. The van der Waals surface area contributed by atoms with Gasteiger partial charge in [-0.15, -0.1) is 0 Å². The highest BCUT2D eigenvalue weighted by Gasteiger charge is 2.33. The molecule has 1 aromatic carbocycles. The van der Waals surface area contributed by atoms with Gasteiger partial charge in [0.05, 0.1) is 0 Å². The van der Waals surface area contributed by atoms with Gasteiger partial charge in [-0.25, -0.2) is 0 Å². The highest BCUT2D eigenvalue weighted by molar-refractivity contribution is 5.59. The van der Waals surface area contributed by atoms with Crippen LogP contribution in [-0.2, 0) is 6.42 Å². The number of allylic oxidation sites excluding steroid dienone is 1. The molecule has 122 valence electrons. The van der Waals surface area contributed by atoms with Gasteiger partial charge >= 0.3 is 0 Å². The van der Waals surface area contributed by atoms with Crippen LogP contribution < -0.4 is 9.47 Å². The standard InChI is InChI=1S/C20H30O2/c1-8-20(7)11-9-17-16(6)18(21-12-10-13(2)3)14(4)15(5)19(17)22-20/h10H,8-9,11-12H2,1-7H3. The van der Waals surface area contributed by atoms with Gasteiger partial charge in [0.1, 0.15) is 23.7 Å². The Hall–Kier alpha value is -1.44. The molecule has 0 aromatic heterocycles. The van der Waals surface area contributed by atoms with Crippen LogP contribution in [0.15, 0.2) is 11.6 Å². The van der Waals surface area contributed by atoms with Crippen molar-refractivity contribution in [2.24, 2.45) is 0 Å². The molecule has 0 bridgehead atoms. The minimum absolute atomic E-state index is 0.0267. The van der Waals surface area contributed by atoms with Gasteiger partial charge < -0.3 is 9.47 Å². The van der Waals surface area contributed by atoms with Crippen LogP contribution in [0.25, 0.3) is 0 Å². The maximum absolute atomic E-state index is 6.39. The van der Waals surface area contributed by atoms with Crippen LogP contribution in [-0.4, -0.2) is 12.2 Å². The first-order valence-corrected chi connectivity index (χ1v) is 8.37. The van der Waals surface area contributed by atoms with E-state index in [1.165, 1.54) is 27.8 Å². The Balaban J connectivity index is 2.41. The second-order valence-electron chi connectivity index (χ2n) is 7.01. The zero-order valence-corrected chi connectivity index (χ0v) is 15.2. The molecule has 1 aromatic rings. The van der Waals surface area contributed by atoms with Crippen LogP contribution in [0.4, 0.5) is 0 Å². The number of benzene rings is 1. The zero-order chi connectivity index (χ0) is 16.5. The van der Waals surface area contributed by atoms with Crippen molar-refractivity contribution < 1.29 is 9.47 Å². The summed E-state index contributed by atoms with van der Waals surface area (Å²) in [6, 6.07) is 0. The summed E-state index contributed by atoms with van der Waals surface area (Å²) in [5, 5.41) is 0. The van der Waals surface area contributed by atoms with E-state index in [1.807, 2.05) is 0 Å². The number of hydrogen-bond donors (Lipinski definition) is 0. The lowest BCUT2D eigenvalue weighted by atomic mass is 9.86. The van der Waals surface area contributed by atoms with Gasteiger partial charge in [-0.3, -0.25) is 0 Å². The van der Waals surface area contributed by atoms with E-state index in [0.29, 0.717) is 6.61 Å². The molecule has 1 heterocycles. The summed E-state index contributed by atoms with van der Waals surface area (Å²) < 4.78 is 12.5. The van der Waals surface area contributed by atoms with Crippen molar-refractivity contribution in [3.8, 4) is 11.5 Å². The first-order valence-electron chi connectivity index (χ1n) is 8.37. The monoisotopic (exact) mass is 302 g/mol. The Bertz CT molecular complexity index is 594. The van der Waals surface area contributed by atoms with Crippen LogP contribution in [0.2, 0.25) is 0 Å². The molecule has 1 atom stereocenters. The third-order valence-electron chi connectivity index (χ3n) is 5.03. The molecular weight excluding hydrogens is 272 g/mol. The molecule has 1 aliphatic heterocycles. The molecule has 2 heteroatoms. The van der Waals surface area contributed by atoms with Crippen molar-refractivity contribution in [1.29, 1.82) is 0 Å². The maximum Gasteiger partial charge on any atom is 0.127 e. The average molecular weight is 302 g/mol. The van der Waals surface area contributed by atoms with Crippen molar-refractivity contribution in [2.75, 3.05) is 6.61 Å². The largest absolute Gasteiger partial charge is 0.489 e. The molecule has 0 amide bonds. The average Bonchev–Trinajstić information content (AvgIpc) is 2.48. The van der Waals surface area contributed by atoms with Gasteiger partial charge in [-0.05, 0) is 83.6 Å². The van der Waals surface area contributed by atoms with Crippen LogP contribution in [0.3, 0.4) is 0 Å². The van der Waals surface area contributed by atoms with Crippen LogP contribution >= 0.6 is 0 Å². The maximum atomic E-state index is 6.39.